The number of carbonyl (C=O) groups excluding carboxylic acids is 2. The molecule has 0 aliphatic carbocycles. The second-order valence-electron chi connectivity index (χ2n) is 7.88. The van der Waals surface area contributed by atoms with Crippen LogP contribution >= 0.6 is 15.9 Å². The molecule has 2 saturated heterocycles. The molecule has 2 fully saturated rings. The first-order chi connectivity index (χ1) is 13.3. The van der Waals surface area contributed by atoms with E-state index in [0.717, 1.165) is 0 Å². The van der Waals surface area contributed by atoms with Crippen molar-refractivity contribution in [3.8, 4) is 0 Å². The van der Waals surface area contributed by atoms with Gasteiger partial charge in [0.15, 0.2) is 0 Å². The van der Waals surface area contributed by atoms with Gasteiger partial charge < -0.3 is 19.4 Å². The van der Waals surface area contributed by atoms with Gasteiger partial charge in [0.2, 0.25) is 5.91 Å². The molecule has 0 N–H and O–H groups in total. The molecule has 0 unspecified atom stereocenters. The van der Waals surface area contributed by atoms with Gasteiger partial charge in [-0.3, -0.25) is 4.79 Å². The van der Waals surface area contributed by atoms with Crippen molar-refractivity contribution in [3.05, 3.63) is 34.1 Å². The van der Waals surface area contributed by atoms with Crippen molar-refractivity contribution in [2.75, 3.05) is 33.4 Å². The second kappa shape index (κ2) is 8.78. The molecule has 2 atom stereocenters. The Morgan fingerprint density at radius 3 is 2.61 bits per heavy atom. The first-order valence-corrected chi connectivity index (χ1v) is 10.4. The number of methoxy groups -OCH3 is 1. The van der Waals surface area contributed by atoms with E-state index in [0.29, 0.717) is 42.7 Å². The van der Waals surface area contributed by atoms with E-state index in [4.69, 9.17) is 4.74 Å². The van der Waals surface area contributed by atoms with Gasteiger partial charge in [-0.1, -0.05) is 35.8 Å². The summed E-state index contributed by atoms with van der Waals surface area (Å²) in [6.45, 7) is 6.25. The van der Waals surface area contributed by atoms with Crippen LogP contribution in [-0.4, -0.2) is 72.1 Å². The van der Waals surface area contributed by atoms with E-state index in [1.165, 1.54) is 6.07 Å². The van der Waals surface area contributed by atoms with Crippen LogP contribution in [-0.2, 0) is 16.1 Å². The van der Waals surface area contributed by atoms with Crippen molar-refractivity contribution in [1.82, 2.24) is 14.7 Å². The number of ether oxygens (including phenoxy) is 1. The Morgan fingerprint density at radius 2 is 1.96 bits per heavy atom. The molecule has 0 radical (unpaired) electrons. The van der Waals surface area contributed by atoms with Crippen LogP contribution in [0.3, 0.4) is 0 Å². The Kier molecular flexibility index (Phi) is 6.60. The van der Waals surface area contributed by atoms with Crippen LogP contribution in [0.1, 0.15) is 25.8 Å². The number of benzene rings is 1. The minimum absolute atomic E-state index is 0.0213. The van der Waals surface area contributed by atoms with Crippen molar-refractivity contribution in [3.63, 3.8) is 0 Å². The molecule has 2 heterocycles. The number of amides is 3. The van der Waals surface area contributed by atoms with E-state index in [1.807, 2.05) is 13.8 Å². The highest BCUT2D eigenvalue weighted by atomic mass is 79.9. The lowest BCUT2D eigenvalue weighted by molar-refractivity contribution is -0.143. The zero-order chi connectivity index (χ0) is 20.4. The van der Waals surface area contributed by atoms with Crippen molar-refractivity contribution in [2.45, 2.75) is 38.9 Å². The number of urea groups is 1. The van der Waals surface area contributed by atoms with Gasteiger partial charge in [-0.2, -0.15) is 0 Å². The summed E-state index contributed by atoms with van der Waals surface area (Å²) in [4.78, 5) is 31.3. The summed E-state index contributed by atoms with van der Waals surface area (Å²) in [5.74, 6) is -0.0849. The van der Waals surface area contributed by atoms with Crippen molar-refractivity contribution in [1.29, 1.82) is 0 Å². The minimum atomic E-state index is -0.470. The zero-order valence-electron chi connectivity index (χ0n) is 16.5. The largest absolute Gasteiger partial charge is 0.383 e. The molecule has 0 spiro atoms. The molecule has 0 aromatic heterocycles. The van der Waals surface area contributed by atoms with Gasteiger partial charge in [0.25, 0.3) is 0 Å². The molecular formula is C20H27BrFN3O3. The number of hydrogen-bond donors (Lipinski definition) is 0. The smallest absolute Gasteiger partial charge is 0.321 e. The molecule has 2 aliphatic heterocycles. The fourth-order valence-corrected chi connectivity index (χ4v) is 4.33. The summed E-state index contributed by atoms with van der Waals surface area (Å²) in [6.07, 6.45) is 0.616. The molecule has 0 saturated carbocycles. The van der Waals surface area contributed by atoms with Crippen LogP contribution in [0.2, 0.25) is 0 Å². The number of hydrogen-bond acceptors (Lipinski definition) is 3. The van der Waals surface area contributed by atoms with Gasteiger partial charge in [-0.25, -0.2) is 9.18 Å². The zero-order valence-corrected chi connectivity index (χ0v) is 18.1. The van der Waals surface area contributed by atoms with Crippen LogP contribution < -0.4 is 0 Å². The van der Waals surface area contributed by atoms with Gasteiger partial charge in [-0.05, 0) is 24.5 Å². The highest BCUT2D eigenvalue weighted by Gasteiger charge is 2.49. The van der Waals surface area contributed by atoms with Crippen molar-refractivity contribution < 1.29 is 18.7 Å². The molecule has 3 rings (SSSR count). The van der Waals surface area contributed by atoms with Gasteiger partial charge >= 0.3 is 6.03 Å². The third kappa shape index (κ3) is 4.33. The topological polar surface area (TPSA) is 53.1 Å². The van der Waals surface area contributed by atoms with Crippen LogP contribution in [0.4, 0.5) is 9.18 Å². The van der Waals surface area contributed by atoms with Gasteiger partial charge in [-0.15, -0.1) is 0 Å². The van der Waals surface area contributed by atoms with Gasteiger partial charge in [0, 0.05) is 36.8 Å². The molecule has 28 heavy (non-hydrogen) atoms. The van der Waals surface area contributed by atoms with Crippen LogP contribution in [0, 0.1) is 11.7 Å². The van der Waals surface area contributed by atoms with Crippen molar-refractivity contribution >= 4 is 27.9 Å². The highest BCUT2D eigenvalue weighted by molar-refractivity contribution is 9.10. The molecule has 1 aromatic carbocycles. The van der Waals surface area contributed by atoms with Crippen LogP contribution in [0.25, 0.3) is 0 Å². The quantitative estimate of drug-likeness (QED) is 0.634. The number of nitrogens with zero attached hydrogens (tertiary/aromatic N) is 3. The van der Waals surface area contributed by atoms with E-state index in [2.05, 4.69) is 15.9 Å². The van der Waals surface area contributed by atoms with E-state index in [9.17, 15) is 14.0 Å². The second-order valence-corrected chi connectivity index (χ2v) is 8.80. The minimum Gasteiger partial charge on any atom is -0.383 e. The number of fused-ring (bicyclic) bond motifs is 1. The van der Waals surface area contributed by atoms with E-state index in [-0.39, 0.29) is 36.3 Å². The lowest BCUT2D eigenvalue weighted by Crippen LogP contribution is -2.61. The van der Waals surface area contributed by atoms with Gasteiger partial charge in [0.1, 0.15) is 11.9 Å². The molecule has 2 aliphatic rings. The number of carbonyl (C=O) groups is 2. The van der Waals surface area contributed by atoms with Crippen LogP contribution in [0.15, 0.2) is 22.7 Å². The fourth-order valence-electron chi connectivity index (χ4n) is 4.00. The first-order valence-electron chi connectivity index (χ1n) is 9.60. The molecule has 0 bridgehead atoms. The predicted molar refractivity (Wildman–Crippen MR) is 107 cm³/mol. The summed E-state index contributed by atoms with van der Waals surface area (Å²) >= 11 is 3.25. The number of halogens is 2. The van der Waals surface area contributed by atoms with E-state index < -0.39 is 6.04 Å². The van der Waals surface area contributed by atoms with Crippen LogP contribution in [0.5, 0.6) is 0 Å². The maximum absolute atomic E-state index is 14.3. The highest BCUT2D eigenvalue weighted by Crippen LogP contribution is 2.30. The summed E-state index contributed by atoms with van der Waals surface area (Å²) < 4.78 is 20.1. The number of piperazine rings is 1. The predicted octanol–water partition coefficient (Wildman–Crippen LogP) is 3.10. The van der Waals surface area contributed by atoms with Crippen molar-refractivity contribution in [2.24, 2.45) is 5.92 Å². The third-order valence-corrected chi connectivity index (χ3v) is 5.81. The molecule has 3 amide bonds. The maximum Gasteiger partial charge on any atom is 0.321 e. The Bertz CT molecular complexity index is 745. The van der Waals surface area contributed by atoms with Gasteiger partial charge in [0.05, 0.1) is 19.2 Å². The lowest BCUT2D eigenvalue weighted by atomic mass is 9.97. The summed E-state index contributed by atoms with van der Waals surface area (Å²) in [5.41, 5.74) is 0.472. The molecule has 1 aromatic rings. The maximum atomic E-state index is 14.3. The Balaban J connectivity index is 1.81. The SMILES string of the molecule is COCCN1C[C@H]2CN(Cc3ccc(Br)cc3F)C(=O)N2[C@@H](CC(C)C)C1=O. The first kappa shape index (κ1) is 21.0. The van der Waals surface area contributed by atoms with E-state index in [1.54, 1.807) is 33.9 Å². The normalized spacial score (nSPS) is 22.4. The average molecular weight is 456 g/mol. The third-order valence-electron chi connectivity index (χ3n) is 5.32. The number of rotatable bonds is 7. The fraction of sp³-hybridized carbons (Fsp3) is 0.600. The summed E-state index contributed by atoms with van der Waals surface area (Å²) in [6, 6.07) is 4.13. The Labute approximate surface area is 173 Å². The molecule has 8 heteroatoms. The lowest BCUT2D eigenvalue weighted by Gasteiger charge is -2.42. The summed E-state index contributed by atoms with van der Waals surface area (Å²) in [7, 11) is 1.61. The molecule has 6 nitrogen and oxygen atoms in total. The standard InChI is InChI=1S/C20H27BrFN3O3/c1-13(2)8-18-19(26)23(6-7-28-3)11-16-12-24(20(27)25(16)18)10-14-4-5-15(21)9-17(14)22/h4-5,9,13,16,18H,6-8,10-12H2,1-3H3/t16-,18-/m0/s1. The average Bonchev–Trinajstić information content (AvgIpc) is 2.93. The Hall–Kier alpha value is -1.67. The summed E-state index contributed by atoms with van der Waals surface area (Å²) in [5, 5.41) is 0. The molecule has 154 valence electrons. The van der Waals surface area contributed by atoms with E-state index >= 15 is 0 Å². The molecular weight excluding hydrogens is 429 g/mol. The Morgan fingerprint density at radius 1 is 1.25 bits per heavy atom. The monoisotopic (exact) mass is 455 g/mol.